The Balaban J connectivity index is 2.85. The largest absolute Gasteiger partial charge is 0.124 e. The van der Waals surface area contributed by atoms with Crippen molar-refractivity contribution in [1.82, 2.24) is 0 Å². The highest BCUT2D eigenvalue weighted by Crippen LogP contribution is 2.16. The van der Waals surface area contributed by atoms with Crippen LogP contribution in [0, 0.1) is 0 Å². The fourth-order valence-electron chi connectivity index (χ4n) is 0. The van der Waals surface area contributed by atoms with Gasteiger partial charge in [0.2, 0.25) is 0 Å². The fourth-order valence-corrected chi connectivity index (χ4v) is 0. The molecule has 0 amide bonds. The Morgan fingerprint density at radius 3 is 2.00 bits per heavy atom. The molecule has 5 heavy (non-hydrogen) atoms. The third-order valence-corrected chi connectivity index (χ3v) is 3.83. The van der Waals surface area contributed by atoms with Crippen molar-refractivity contribution < 1.29 is 0 Å². The molecule has 0 saturated heterocycles. The molecule has 0 heterocycles. The SMILES string of the molecule is S=C(Br)SBr. The first-order valence-electron chi connectivity index (χ1n) is 0.752. The highest BCUT2D eigenvalue weighted by Gasteiger charge is 1.77. The van der Waals surface area contributed by atoms with Gasteiger partial charge in [0.15, 0.2) is 0 Å². The molecule has 0 aromatic carbocycles. The van der Waals surface area contributed by atoms with Crippen molar-refractivity contribution in [3.05, 3.63) is 0 Å². The van der Waals surface area contributed by atoms with Crippen LogP contribution in [0.1, 0.15) is 0 Å². The molecule has 0 aliphatic rings. The first kappa shape index (κ1) is 6.40. The molecule has 0 aliphatic heterocycles. The lowest BCUT2D eigenvalue weighted by molar-refractivity contribution is 4.31. The van der Waals surface area contributed by atoms with Gasteiger partial charge >= 0.3 is 0 Å². The van der Waals surface area contributed by atoms with E-state index in [1.54, 1.807) is 0 Å². The Bertz CT molecular complexity index is 42.9. The molecule has 0 atom stereocenters. The maximum Gasteiger partial charge on any atom is 0.124 e. The van der Waals surface area contributed by atoms with Gasteiger partial charge < -0.3 is 0 Å². The summed E-state index contributed by atoms with van der Waals surface area (Å²) in [5.41, 5.74) is 0. The molecular formula is CBr2S2. The van der Waals surface area contributed by atoms with Crippen molar-refractivity contribution in [1.29, 1.82) is 0 Å². The van der Waals surface area contributed by atoms with Gasteiger partial charge in [-0.3, -0.25) is 0 Å². The van der Waals surface area contributed by atoms with Gasteiger partial charge in [0.05, 0.1) is 0 Å². The number of hydrogen-bond donors (Lipinski definition) is 0. The summed E-state index contributed by atoms with van der Waals surface area (Å²) in [6.45, 7) is 0. The number of halogens is 2. The number of rotatable bonds is 0. The fraction of sp³-hybridized carbons (Fsp3) is 0. The smallest absolute Gasteiger partial charge is 0.0633 e. The molecule has 0 aromatic rings. The molecule has 4 heteroatoms. The maximum absolute atomic E-state index is 4.53. The molecule has 0 aromatic heterocycles. The summed E-state index contributed by atoms with van der Waals surface area (Å²) < 4.78 is 0.734. The summed E-state index contributed by atoms with van der Waals surface area (Å²) in [6, 6.07) is 0. The van der Waals surface area contributed by atoms with E-state index in [1.807, 2.05) is 0 Å². The van der Waals surface area contributed by atoms with Gasteiger partial charge in [-0.2, -0.15) is 0 Å². The molecule has 0 radical (unpaired) electrons. The molecule has 0 aliphatic carbocycles. The van der Waals surface area contributed by atoms with Crippen LogP contribution in [0.4, 0.5) is 0 Å². The van der Waals surface area contributed by atoms with Gasteiger partial charge in [0, 0.05) is 0 Å². The summed E-state index contributed by atoms with van der Waals surface area (Å²) >= 11 is 10.6. The highest BCUT2D eigenvalue weighted by atomic mass is 79.9. The molecule has 0 N–H and O–H groups in total. The zero-order chi connectivity index (χ0) is 4.28. The van der Waals surface area contributed by atoms with Gasteiger partial charge in [0.25, 0.3) is 0 Å². The summed E-state index contributed by atoms with van der Waals surface area (Å²) in [4.78, 5) is 0. The van der Waals surface area contributed by atoms with Gasteiger partial charge in [-0.15, -0.1) is 0 Å². The van der Waals surface area contributed by atoms with E-state index in [0.29, 0.717) is 0 Å². The first-order valence-corrected chi connectivity index (χ1v) is 4.61. The molecule has 0 fully saturated rings. The van der Waals surface area contributed by atoms with Crippen LogP contribution in [0.2, 0.25) is 0 Å². The van der Waals surface area contributed by atoms with Crippen LogP contribution in [0.15, 0.2) is 0 Å². The van der Waals surface area contributed by atoms with E-state index in [-0.39, 0.29) is 0 Å². The van der Waals surface area contributed by atoms with Gasteiger partial charge in [0.1, 0.15) is 3.11 Å². The van der Waals surface area contributed by atoms with Crippen molar-refractivity contribution in [3.63, 3.8) is 0 Å². The summed E-state index contributed by atoms with van der Waals surface area (Å²) in [6.07, 6.45) is 0. The Morgan fingerprint density at radius 2 is 2.00 bits per heavy atom. The number of thiocarbonyl (C=S) groups is 1. The van der Waals surface area contributed by atoms with Gasteiger partial charge in [-0.05, 0) is 40.9 Å². The van der Waals surface area contributed by atoms with E-state index in [0.717, 1.165) is 3.11 Å². The van der Waals surface area contributed by atoms with Crippen LogP contribution < -0.4 is 0 Å². The Morgan fingerprint density at radius 1 is 1.80 bits per heavy atom. The minimum Gasteiger partial charge on any atom is -0.0633 e. The highest BCUT2D eigenvalue weighted by molar-refractivity contribution is 9.56. The minimum absolute atomic E-state index is 0.734. The molecule has 30 valence electrons. The van der Waals surface area contributed by atoms with Gasteiger partial charge in [-0.25, -0.2) is 0 Å². The van der Waals surface area contributed by atoms with E-state index >= 15 is 0 Å². The third-order valence-electron chi connectivity index (χ3n) is 0.0607. The van der Waals surface area contributed by atoms with Crippen molar-refractivity contribution >= 4 is 56.3 Å². The second-order valence-corrected chi connectivity index (χ2v) is 4.36. The van der Waals surface area contributed by atoms with E-state index in [9.17, 15) is 0 Å². The molecular weight excluding hydrogens is 236 g/mol. The van der Waals surface area contributed by atoms with Crippen molar-refractivity contribution in [2.24, 2.45) is 0 Å². The van der Waals surface area contributed by atoms with Crippen molar-refractivity contribution in [2.75, 3.05) is 0 Å². The molecule has 0 unspecified atom stereocenters. The van der Waals surface area contributed by atoms with Crippen LogP contribution in [0.25, 0.3) is 0 Å². The Kier molecular flexibility index (Phi) is 4.59. The second kappa shape index (κ2) is 3.59. The second-order valence-electron chi connectivity index (χ2n) is 0.315. The minimum atomic E-state index is 0.734. The normalized spacial score (nSPS) is 7.60. The maximum atomic E-state index is 4.53. The Labute approximate surface area is 56.0 Å². The predicted molar refractivity (Wildman–Crippen MR) is 38.0 cm³/mol. The van der Waals surface area contributed by atoms with Crippen LogP contribution >= 0.6 is 53.2 Å². The molecule has 0 saturated carbocycles. The summed E-state index contributed by atoms with van der Waals surface area (Å²) in [5.74, 6) is 0. The standard InChI is InChI=1S/CBr2S2/c2-1(4)5-3. The van der Waals surface area contributed by atoms with E-state index in [2.05, 4.69) is 43.0 Å². The lowest BCUT2D eigenvalue weighted by Gasteiger charge is -1.70. The van der Waals surface area contributed by atoms with Crippen LogP contribution in [0.5, 0.6) is 0 Å². The van der Waals surface area contributed by atoms with Gasteiger partial charge in [-0.1, -0.05) is 12.2 Å². The van der Waals surface area contributed by atoms with Crippen LogP contribution in [-0.2, 0) is 0 Å². The predicted octanol–water partition coefficient (Wildman–Crippen LogP) is 2.71. The molecule has 0 rings (SSSR count). The first-order chi connectivity index (χ1) is 2.27. The van der Waals surface area contributed by atoms with E-state index in [1.165, 1.54) is 10.2 Å². The Hall–Kier alpha value is 1.40. The molecule has 0 bridgehead atoms. The molecule has 0 spiro atoms. The number of hydrogen-bond acceptors (Lipinski definition) is 2. The zero-order valence-corrected chi connectivity index (χ0v) is 6.88. The third kappa shape index (κ3) is 5.40. The van der Waals surface area contributed by atoms with E-state index < -0.39 is 0 Å². The quantitative estimate of drug-likeness (QED) is 0.468. The lowest BCUT2D eigenvalue weighted by Crippen LogP contribution is -1.51. The van der Waals surface area contributed by atoms with Crippen LogP contribution in [-0.4, -0.2) is 3.11 Å². The van der Waals surface area contributed by atoms with Crippen molar-refractivity contribution in [2.45, 2.75) is 0 Å². The lowest BCUT2D eigenvalue weighted by atomic mass is 11.9. The average Bonchev–Trinajstić information content (AvgIpc) is 1.38. The monoisotopic (exact) mass is 234 g/mol. The zero-order valence-electron chi connectivity index (χ0n) is 2.07. The van der Waals surface area contributed by atoms with Crippen molar-refractivity contribution in [3.8, 4) is 0 Å². The summed E-state index contributed by atoms with van der Waals surface area (Å²) in [5, 5.41) is 0. The van der Waals surface area contributed by atoms with Crippen LogP contribution in [0.3, 0.4) is 0 Å². The van der Waals surface area contributed by atoms with E-state index in [4.69, 9.17) is 0 Å². The average molecular weight is 236 g/mol. The summed E-state index contributed by atoms with van der Waals surface area (Å²) in [7, 11) is 1.34. The topological polar surface area (TPSA) is 0 Å². The molecule has 0 nitrogen and oxygen atoms in total.